The Balaban J connectivity index is 1.94. The molecule has 0 aliphatic rings. The number of nitrogens with zero attached hydrogens (tertiary/aromatic N) is 2. The van der Waals surface area contributed by atoms with E-state index in [1.54, 1.807) is 12.1 Å². The SMILES string of the molecule is O=C(Cn1nc(C(=O)O)c2ccccc2c1=O)Nc1ccc(F)c(Cl)c1. The van der Waals surface area contributed by atoms with Gasteiger partial charge in [-0.3, -0.25) is 9.59 Å². The van der Waals surface area contributed by atoms with Crippen LogP contribution in [0.3, 0.4) is 0 Å². The van der Waals surface area contributed by atoms with Gasteiger partial charge in [0.25, 0.3) is 5.56 Å². The van der Waals surface area contributed by atoms with Gasteiger partial charge in [0, 0.05) is 11.1 Å². The Morgan fingerprint density at radius 3 is 2.54 bits per heavy atom. The second-order valence-electron chi connectivity index (χ2n) is 5.34. The molecule has 26 heavy (non-hydrogen) atoms. The van der Waals surface area contributed by atoms with Crippen molar-refractivity contribution in [3.8, 4) is 0 Å². The number of carbonyl (C=O) groups excluding carboxylic acids is 1. The molecule has 9 heteroatoms. The molecule has 0 unspecified atom stereocenters. The monoisotopic (exact) mass is 375 g/mol. The molecule has 0 aliphatic carbocycles. The van der Waals surface area contributed by atoms with Gasteiger partial charge >= 0.3 is 5.97 Å². The van der Waals surface area contributed by atoms with Gasteiger partial charge in [-0.05, 0) is 24.3 Å². The summed E-state index contributed by atoms with van der Waals surface area (Å²) in [7, 11) is 0. The quantitative estimate of drug-likeness (QED) is 0.729. The number of carboxylic acid groups (broad SMARTS) is 1. The Bertz CT molecular complexity index is 1100. The molecule has 1 amide bonds. The predicted octanol–water partition coefficient (Wildman–Crippen LogP) is 2.53. The number of halogens is 2. The summed E-state index contributed by atoms with van der Waals surface area (Å²) in [5, 5.41) is 15.7. The van der Waals surface area contributed by atoms with Gasteiger partial charge in [-0.25, -0.2) is 13.9 Å². The van der Waals surface area contributed by atoms with E-state index in [9.17, 15) is 23.9 Å². The number of aromatic carboxylic acids is 1. The van der Waals surface area contributed by atoms with Gasteiger partial charge in [-0.15, -0.1) is 0 Å². The highest BCUT2D eigenvalue weighted by atomic mass is 35.5. The Kier molecular flexibility index (Phi) is 4.68. The molecule has 0 spiro atoms. The van der Waals surface area contributed by atoms with Crippen LogP contribution in [0.15, 0.2) is 47.3 Å². The van der Waals surface area contributed by atoms with Crippen LogP contribution < -0.4 is 10.9 Å². The van der Waals surface area contributed by atoms with Crippen molar-refractivity contribution in [1.82, 2.24) is 9.78 Å². The summed E-state index contributed by atoms with van der Waals surface area (Å²) >= 11 is 5.64. The lowest BCUT2D eigenvalue weighted by Gasteiger charge is -2.10. The molecular formula is C17H11ClFN3O4. The Morgan fingerprint density at radius 1 is 1.19 bits per heavy atom. The highest BCUT2D eigenvalue weighted by Gasteiger charge is 2.17. The summed E-state index contributed by atoms with van der Waals surface area (Å²) < 4.78 is 13.9. The van der Waals surface area contributed by atoms with Crippen molar-refractivity contribution in [2.24, 2.45) is 0 Å². The van der Waals surface area contributed by atoms with Crippen LogP contribution in [-0.2, 0) is 11.3 Å². The van der Waals surface area contributed by atoms with Crippen molar-refractivity contribution in [2.45, 2.75) is 6.54 Å². The highest BCUT2D eigenvalue weighted by Crippen LogP contribution is 2.19. The largest absolute Gasteiger partial charge is 0.476 e. The van der Waals surface area contributed by atoms with Crippen molar-refractivity contribution in [2.75, 3.05) is 5.32 Å². The first-order valence-electron chi connectivity index (χ1n) is 7.35. The van der Waals surface area contributed by atoms with E-state index in [4.69, 9.17) is 11.6 Å². The molecule has 1 heterocycles. The molecule has 0 atom stereocenters. The molecule has 0 saturated carbocycles. The van der Waals surface area contributed by atoms with Crippen molar-refractivity contribution in [1.29, 1.82) is 0 Å². The average molecular weight is 376 g/mol. The smallest absolute Gasteiger partial charge is 0.357 e. The number of anilines is 1. The van der Waals surface area contributed by atoms with E-state index in [1.165, 1.54) is 24.3 Å². The van der Waals surface area contributed by atoms with E-state index < -0.39 is 29.8 Å². The zero-order chi connectivity index (χ0) is 18.8. The average Bonchev–Trinajstić information content (AvgIpc) is 2.60. The summed E-state index contributed by atoms with van der Waals surface area (Å²) in [5.74, 6) is -2.60. The summed E-state index contributed by atoms with van der Waals surface area (Å²) in [5.41, 5.74) is -0.704. The standard InChI is InChI=1S/C17H11ClFN3O4/c18-12-7-9(5-6-13(12)19)20-14(23)8-22-16(24)11-4-2-1-3-10(11)15(21-22)17(25)26/h1-7H,8H2,(H,20,23)(H,25,26). The normalized spacial score (nSPS) is 10.7. The molecule has 3 aromatic rings. The van der Waals surface area contributed by atoms with E-state index >= 15 is 0 Å². The molecule has 2 aromatic carbocycles. The number of hydrogen-bond donors (Lipinski definition) is 2. The van der Waals surface area contributed by atoms with Crippen LogP contribution in [0.1, 0.15) is 10.5 Å². The Labute approximate surface area is 150 Å². The maximum Gasteiger partial charge on any atom is 0.357 e. The molecule has 0 bridgehead atoms. The Morgan fingerprint density at radius 2 is 1.88 bits per heavy atom. The fraction of sp³-hybridized carbons (Fsp3) is 0.0588. The van der Waals surface area contributed by atoms with Crippen LogP contribution in [0.25, 0.3) is 10.8 Å². The van der Waals surface area contributed by atoms with Gasteiger partial charge in [0.2, 0.25) is 5.91 Å². The fourth-order valence-electron chi connectivity index (χ4n) is 2.41. The van der Waals surface area contributed by atoms with E-state index in [0.717, 1.165) is 10.7 Å². The molecule has 0 saturated heterocycles. The van der Waals surface area contributed by atoms with Gasteiger partial charge in [-0.2, -0.15) is 5.10 Å². The van der Waals surface area contributed by atoms with Gasteiger partial charge in [0.1, 0.15) is 12.4 Å². The molecular weight excluding hydrogens is 365 g/mol. The number of aromatic nitrogens is 2. The minimum atomic E-state index is -1.32. The predicted molar refractivity (Wildman–Crippen MR) is 93.0 cm³/mol. The van der Waals surface area contributed by atoms with Crippen LogP contribution in [-0.4, -0.2) is 26.8 Å². The Hall–Kier alpha value is -3.26. The van der Waals surface area contributed by atoms with Crippen LogP contribution >= 0.6 is 11.6 Å². The van der Waals surface area contributed by atoms with Crippen molar-refractivity contribution < 1.29 is 19.1 Å². The van der Waals surface area contributed by atoms with Gasteiger partial charge in [0.05, 0.1) is 10.4 Å². The van der Waals surface area contributed by atoms with E-state index in [0.29, 0.717) is 0 Å². The maximum atomic E-state index is 13.1. The number of nitrogens with one attached hydrogen (secondary N) is 1. The molecule has 0 aliphatic heterocycles. The zero-order valence-electron chi connectivity index (χ0n) is 13.1. The molecule has 2 N–H and O–H groups in total. The lowest BCUT2D eigenvalue weighted by Crippen LogP contribution is -2.31. The van der Waals surface area contributed by atoms with Gasteiger partial charge in [-0.1, -0.05) is 29.8 Å². The third-order valence-corrected chi connectivity index (χ3v) is 3.86. The first kappa shape index (κ1) is 17.6. The van der Waals surface area contributed by atoms with Crippen molar-refractivity contribution >= 4 is 39.9 Å². The van der Waals surface area contributed by atoms with Crippen LogP contribution in [0.4, 0.5) is 10.1 Å². The summed E-state index contributed by atoms with van der Waals surface area (Å²) in [6.45, 7) is -0.515. The van der Waals surface area contributed by atoms with E-state index in [1.807, 2.05) is 0 Å². The summed E-state index contributed by atoms with van der Waals surface area (Å²) in [6.07, 6.45) is 0. The van der Waals surface area contributed by atoms with Crippen LogP contribution in [0.2, 0.25) is 5.02 Å². The van der Waals surface area contributed by atoms with Gasteiger partial charge in [0.15, 0.2) is 5.69 Å². The molecule has 3 rings (SSSR count). The highest BCUT2D eigenvalue weighted by molar-refractivity contribution is 6.31. The first-order valence-corrected chi connectivity index (χ1v) is 7.72. The second-order valence-corrected chi connectivity index (χ2v) is 5.75. The fourth-order valence-corrected chi connectivity index (χ4v) is 2.59. The molecule has 1 aromatic heterocycles. The first-order chi connectivity index (χ1) is 12.4. The number of carbonyl (C=O) groups is 2. The second kappa shape index (κ2) is 6.93. The van der Waals surface area contributed by atoms with Crippen molar-refractivity contribution in [3.63, 3.8) is 0 Å². The number of carboxylic acids is 1. The topological polar surface area (TPSA) is 101 Å². The molecule has 7 nitrogen and oxygen atoms in total. The molecule has 132 valence electrons. The minimum absolute atomic E-state index is 0.137. The number of fused-ring (bicyclic) bond motifs is 1. The van der Waals surface area contributed by atoms with Gasteiger partial charge < -0.3 is 10.4 Å². The molecule has 0 radical (unpaired) electrons. The zero-order valence-corrected chi connectivity index (χ0v) is 13.8. The van der Waals surface area contributed by atoms with E-state index in [2.05, 4.69) is 10.4 Å². The lowest BCUT2D eigenvalue weighted by atomic mass is 10.1. The third kappa shape index (κ3) is 3.40. The number of rotatable bonds is 4. The maximum absolute atomic E-state index is 13.1. The van der Waals surface area contributed by atoms with Crippen molar-refractivity contribution in [3.05, 3.63) is 69.4 Å². The third-order valence-electron chi connectivity index (χ3n) is 3.57. The molecule has 0 fully saturated rings. The number of amides is 1. The van der Waals surface area contributed by atoms with E-state index in [-0.39, 0.29) is 27.2 Å². The van der Waals surface area contributed by atoms with Crippen LogP contribution in [0.5, 0.6) is 0 Å². The summed E-state index contributed by atoms with van der Waals surface area (Å²) in [6, 6.07) is 9.71. The number of hydrogen-bond acceptors (Lipinski definition) is 4. The number of benzene rings is 2. The lowest BCUT2D eigenvalue weighted by molar-refractivity contribution is -0.117. The van der Waals surface area contributed by atoms with Crippen LogP contribution in [0, 0.1) is 5.82 Å². The minimum Gasteiger partial charge on any atom is -0.476 e. The summed E-state index contributed by atoms with van der Waals surface area (Å²) in [4.78, 5) is 36.0.